The summed E-state index contributed by atoms with van der Waals surface area (Å²) in [5.74, 6) is -0.509. The first-order valence-corrected chi connectivity index (χ1v) is 10.9. The quantitative estimate of drug-likeness (QED) is 0.615. The van der Waals surface area contributed by atoms with Crippen molar-refractivity contribution in [2.75, 3.05) is 38.3 Å². The summed E-state index contributed by atoms with van der Waals surface area (Å²) < 4.78 is 31.9. The van der Waals surface area contributed by atoms with Crippen LogP contribution < -0.4 is 10.2 Å². The number of benzene rings is 1. The Morgan fingerprint density at radius 3 is 2.54 bits per heavy atom. The Hall–Kier alpha value is -1.97. The Morgan fingerprint density at radius 1 is 1.29 bits per heavy atom. The molecule has 28 heavy (non-hydrogen) atoms. The van der Waals surface area contributed by atoms with Crippen LogP contribution in [0.4, 0.5) is 5.69 Å². The van der Waals surface area contributed by atoms with Crippen molar-refractivity contribution in [2.24, 2.45) is 0 Å². The molecule has 1 atom stereocenters. The molecule has 0 saturated carbocycles. The molecule has 0 radical (unpaired) electrons. The highest BCUT2D eigenvalue weighted by Gasteiger charge is 2.37. The number of rotatable bonds is 9. The zero-order chi connectivity index (χ0) is 20.9. The Balaban J connectivity index is 2.28. The predicted octanol–water partition coefficient (Wildman–Crippen LogP) is 1.15. The predicted molar refractivity (Wildman–Crippen MR) is 107 cm³/mol. The summed E-state index contributed by atoms with van der Waals surface area (Å²) in [5, 5.41) is 2.82. The fraction of sp³-hybridized carbons (Fsp3) is 0.579. The van der Waals surface area contributed by atoms with Crippen molar-refractivity contribution in [1.29, 1.82) is 0 Å². The Morgan fingerprint density at radius 2 is 1.96 bits per heavy atom. The highest BCUT2D eigenvalue weighted by Crippen LogP contribution is 2.34. The number of nitrogens with one attached hydrogen (secondary N) is 1. The lowest BCUT2D eigenvalue weighted by Crippen LogP contribution is -2.47. The van der Waals surface area contributed by atoms with Gasteiger partial charge in [-0.05, 0) is 30.2 Å². The molecule has 156 valence electrons. The molecular weight excluding hydrogens is 382 g/mol. The van der Waals surface area contributed by atoms with Crippen LogP contribution in [0.2, 0.25) is 0 Å². The molecule has 1 N–H and O–H groups in total. The average Bonchev–Trinajstić information content (AvgIpc) is 3.05. The van der Waals surface area contributed by atoms with E-state index in [0.29, 0.717) is 43.9 Å². The summed E-state index contributed by atoms with van der Waals surface area (Å²) in [6, 6.07) is 4.02. The minimum atomic E-state index is -3.60. The molecule has 1 aliphatic heterocycles. The summed E-state index contributed by atoms with van der Waals surface area (Å²) in [4.78, 5) is 26.4. The van der Waals surface area contributed by atoms with Gasteiger partial charge in [-0.15, -0.1) is 0 Å². The van der Waals surface area contributed by atoms with Gasteiger partial charge in [0.2, 0.25) is 21.8 Å². The van der Waals surface area contributed by atoms with E-state index in [1.54, 1.807) is 33.1 Å². The van der Waals surface area contributed by atoms with E-state index in [1.807, 2.05) is 0 Å². The lowest BCUT2D eigenvalue weighted by molar-refractivity contribution is -0.125. The van der Waals surface area contributed by atoms with E-state index in [2.05, 4.69) is 5.32 Å². The third-order valence-electron chi connectivity index (χ3n) is 4.84. The maximum absolute atomic E-state index is 12.8. The zero-order valence-electron chi connectivity index (χ0n) is 16.9. The second-order valence-electron chi connectivity index (χ2n) is 6.63. The number of carbonyl (C=O) groups is 2. The average molecular weight is 412 g/mol. The van der Waals surface area contributed by atoms with Crippen molar-refractivity contribution in [1.82, 2.24) is 9.62 Å². The van der Waals surface area contributed by atoms with Crippen LogP contribution in [0, 0.1) is 0 Å². The molecule has 0 fully saturated rings. The minimum Gasteiger partial charge on any atom is -0.385 e. The highest BCUT2D eigenvalue weighted by molar-refractivity contribution is 7.89. The molecule has 1 aromatic rings. The Kier molecular flexibility index (Phi) is 7.56. The standard InChI is InChI=1S/C19H29N3O5S/c1-5-21(6-2)28(25,26)16-8-9-17-15(12-16)13-18(22(17)14(3)23)19(24)20-10-7-11-27-4/h8-9,12,18H,5-7,10-11,13H2,1-4H3,(H,20,24)/t18-/m0/s1. The summed E-state index contributed by atoms with van der Waals surface area (Å²) >= 11 is 0. The maximum Gasteiger partial charge on any atom is 0.243 e. The van der Waals surface area contributed by atoms with E-state index >= 15 is 0 Å². The van der Waals surface area contributed by atoms with Gasteiger partial charge >= 0.3 is 0 Å². The second kappa shape index (κ2) is 9.49. The third kappa shape index (κ3) is 4.53. The summed E-state index contributed by atoms with van der Waals surface area (Å²) in [6.07, 6.45) is 0.959. The van der Waals surface area contributed by atoms with E-state index in [9.17, 15) is 18.0 Å². The fourth-order valence-corrected chi connectivity index (χ4v) is 4.96. The summed E-state index contributed by atoms with van der Waals surface area (Å²) in [5.41, 5.74) is 1.27. The molecular formula is C19H29N3O5S. The lowest BCUT2D eigenvalue weighted by atomic mass is 10.1. The van der Waals surface area contributed by atoms with Gasteiger partial charge in [-0.2, -0.15) is 4.31 Å². The molecule has 2 rings (SSSR count). The first-order chi connectivity index (χ1) is 13.3. The zero-order valence-corrected chi connectivity index (χ0v) is 17.7. The van der Waals surface area contributed by atoms with Gasteiger partial charge in [0.25, 0.3) is 0 Å². The Bertz CT molecular complexity index is 821. The van der Waals surface area contributed by atoms with Crippen LogP contribution in [0.15, 0.2) is 23.1 Å². The highest BCUT2D eigenvalue weighted by atomic mass is 32.2. The summed E-state index contributed by atoms with van der Waals surface area (Å²) in [6.45, 7) is 6.72. The van der Waals surface area contributed by atoms with Crippen LogP contribution in [-0.2, 0) is 30.8 Å². The van der Waals surface area contributed by atoms with Gasteiger partial charge in [0.15, 0.2) is 0 Å². The molecule has 0 spiro atoms. The number of hydrogen-bond acceptors (Lipinski definition) is 5. The second-order valence-corrected chi connectivity index (χ2v) is 8.56. The van der Waals surface area contributed by atoms with E-state index in [-0.39, 0.29) is 23.1 Å². The molecule has 0 aromatic heterocycles. The number of sulfonamides is 1. The van der Waals surface area contributed by atoms with E-state index in [1.165, 1.54) is 22.2 Å². The number of amides is 2. The minimum absolute atomic E-state index is 0.180. The molecule has 0 bridgehead atoms. The molecule has 0 unspecified atom stereocenters. The third-order valence-corrected chi connectivity index (χ3v) is 6.89. The van der Waals surface area contributed by atoms with Gasteiger partial charge in [0.05, 0.1) is 4.90 Å². The van der Waals surface area contributed by atoms with Gasteiger partial charge in [-0.3, -0.25) is 14.5 Å². The van der Waals surface area contributed by atoms with Crippen LogP contribution in [-0.4, -0.2) is 63.9 Å². The molecule has 0 saturated heterocycles. The normalized spacial score (nSPS) is 16.3. The number of fused-ring (bicyclic) bond motifs is 1. The van der Waals surface area contributed by atoms with Crippen LogP contribution in [0.25, 0.3) is 0 Å². The number of carbonyl (C=O) groups excluding carboxylic acids is 2. The lowest BCUT2D eigenvalue weighted by Gasteiger charge is -2.23. The van der Waals surface area contributed by atoms with Crippen LogP contribution >= 0.6 is 0 Å². The van der Waals surface area contributed by atoms with E-state index in [0.717, 1.165) is 0 Å². The molecule has 1 aliphatic rings. The molecule has 2 amide bonds. The smallest absolute Gasteiger partial charge is 0.243 e. The van der Waals surface area contributed by atoms with Crippen molar-refractivity contribution >= 4 is 27.5 Å². The van der Waals surface area contributed by atoms with Crippen LogP contribution in [0.5, 0.6) is 0 Å². The SMILES string of the molecule is CCN(CC)S(=O)(=O)c1ccc2c(c1)C[C@@H](C(=O)NCCCOC)N2C(C)=O. The summed E-state index contributed by atoms with van der Waals surface area (Å²) in [7, 11) is -2.01. The van der Waals surface area contributed by atoms with Gasteiger partial charge in [-0.1, -0.05) is 13.8 Å². The van der Waals surface area contributed by atoms with Crippen LogP contribution in [0.1, 0.15) is 32.8 Å². The van der Waals surface area contributed by atoms with Crippen molar-refractivity contribution in [2.45, 2.75) is 44.6 Å². The number of hydrogen-bond donors (Lipinski definition) is 1. The van der Waals surface area contributed by atoms with Gasteiger partial charge in [0.1, 0.15) is 6.04 Å². The molecule has 8 nitrogen and oxygen atoms in total. The van der Waals surface area contributed by atoms with Gasteiger partial charge in [0, 0.05) is 52.4 Å². The van der Waals surface area contributed by atoms with Crippen molar-refractivity contribution in [3.8, 4) is 0 Å². The number of methoxy groups -OCH3 is 1. The van der Waals surface area contributed by atoms with E-state index < -0.39 is 16.1 Å². The van der Waals surface area contributed by atoms with Crippen molar-refractivity contribution in [3.05, 3.63) is 23.8 Å². The number of nitrogens with zero attached hydrogens (tertiary/aromatic N) is 2. The van der Waals surface area contributed by atoms with Crippen LogP contribution in [0.3, 0.4) is 0 Å². The van der Waals surface area contributed by atoms with Gasteiger partial charge in [-0.25, -0.2) is 8.42 Å². The Labute approximate surface area is 166 Å². The van der Waals surface area contributed by atoms with E-state index in [4.69, 9.17) is 4.74 Å². The number of anilines is 1. The van der Waals surface area contributed by atoms with Crippen molar-refractivity contribution < 1.29 is 22.7 Å². The fourth-order valence-electron chi connectivity index (χ4n) is 3.45. The molecule has 0 aliphatic carbocycles. The largest absolute Gasteiger partial charge is 0.385 e. The number of ether oxygens (including phenoxy) is 1. The first-order valence-electron chi connectivity index (χ1n) is 9.47. The maximum atomic E-state index is 12.8. The molecule has 1 aromatic carbocycles. The van der Waals surface area contributed by atoms with Gasteiger partial charge < -0.3 is 10.1 Å². The molecule has 1 heterocycles. The topological polar surface area (TPSA) is 96.0 Å². The first kappa shape index (κ1) is 22.3. The molecule has 9 heteroatoms. The van der Waals surface area contributed by atoms with Crippen molar-refractivity contribution in [3.63, 3.8) is 0 Å². The monoisotopic (exact) mass is 411 g/mol.